The second-order valence-electron chi connectivity index (χ2n) is 6.15. The maximum absolute atomic E-state index is 12.9. The third-order valence-electron chi connectivity index (χ3n) is 4.74. The van der Waals surface area contributed by atoms with E-state index >= 15 is 0 Å². The first kappa shape index (κ1) is 16.4. The highest BCUT2D eigenvalue weighted by Crippen LogP contribution is 2.35. The van der Waals surface area contributed by atoms with Crippen LogP contribution < -0.4 is 0 Å². The number of carbonyl (C=O) groups is 2. The molecule has 0 saturated carbocycles. The molecule has 3 heterocycles. The number of likely N-dealkylation sites (tertiary alicyclic amines) is 2. The van der Waals surface area contributed by atoms with Crippen LogP contribution >= 0.6 is 11.3 Å². The number of carbonyl (C=O) groups excluding carboxylic acids is 2. The van der Waals surface area contributed by atoms with E-state index in [9.17, 15) is 9.59 Å². The monoisotopic (exact) mass is 337 g/mol. The number of hydrogen-bond acceptors (Lipinski definition) is 5. The number of ether oxygens (including phenoxy) is 1. The molecule has 3 rings (SSSR count). The highest BCUT2D eigenvalue weighted by molar-refractivity contribution is 7.09. The lowest BCUT2D eigenvalue weighted by molar-refractivity contribution is -0.143. The minimum absolute atomic E-state index is 0.0141. The Morgan fingerprint density at radius 3 is 2.74 bits per heavy atom. The van der Waals surface area contributed by atoms with Gasteiger partial charge in [0.25, 0.3) is 0 Å². The molecule has 126 valence electrons. The molecule has 0 aromatic carbocycles. The van der Waals surface area contributed by atoms with Crippen LogP contribution in [-0.2, 0) is 14.3 Å². The number of thiazole rings is 1. The van der Waals surface area contributed by atoms with Crippen LogP contribution in [0.2, 0.25) is 0 Å². The van der Waals surface area contributed by atoms with Gasteiger partial charge in [0.1, 0.15) is 11.6 Å². The van der Waals surface area contributed by atoms with Gasteiger partial charge in [0.2, 0.25) is 11.8 Å². The number of nitrogens with zero attached hydrogens (tertiary/aromatic N) is 3. The Morgan fingerprint density at radius 1 is 1.30 bits per heavy atom. The van der Waals surface area contributed by atoms with Gasteiger partial charge in [-0.3, -0.25) is 9.59 Å². The molecule has 0 radical (unpaired) electrons. The quantitative estimate of drug-likeness (QED) is 0.839. The number of aromatic nitrogens is 1. The van der Waals surface area contributed by atoms with Crippen molar-refractivity contribution >= 4 is 23.2 Å². The SMILES string of the molecule is COCC(=O)N1CCC(C(=O)N2CCC[C@H]2c2nccs2)CC1. The van der Waals surface area contributed by atoms with Crippen LogP contribution in [0.5, 0.6) is 0 Å². The summed E-state index contributed by atoms with van der Waals surface area (Å²) in [7, 11) is 1.53. The van der Waals surface area contributed by atoms with Gasteiger partial charge in [-0.25, -0.2) is 4.98 Å². The highest BCUT2D eigenvalue weighted by Gasteiger charge is 2.36. The van der Waals surface area contributed by atoms with Gasteiger partial charge in [-0.05, 0) is 25.7 Å². The summed E-state index contributed by atoms with van der Waals surface area (Å²) in [5.41, 5.74) is 0. The van der Waals surface area contributed by atoms with Gasteiger partial charge in [-0.15, -0.1) is 11.3 Å². The first-order valence-corrected chi connectivity index (χ1v) is 9.05. The Kier molecular flexibility index (Phi) is 5.27. The van der Waals surface area contributed by atoms with E-state index in [0.717, 1.165) is 37.2 Å². The van der Waals surface area contributed by atoms with Crippen LogP contribution in [0.3, 0.4) is 0 Å². The molecule has 0 N–H and O–H groups in total. The maximum atomic E-state index is 12.9. The van der Waals surface area contributed by atoms with Crippen molar-refractivity contribution in [2.75, 3.05) is 33.4 Å². The molecule has 2 aliphatic heterocycles. The van der Waals surface area contributed by atoms with Crippen LogP contribution in [-0.4, -0.2) is 59.9 Å². The molecule has 1 aromatic rings. The summed E-state index contributed by atoms with van der Waals surface area (Å²) >= 11 is 1.63. The van der Waals surface area contributed by atoms with Gasteiger partial charge in [-0.1, -0.05) is 0 Å². The molecule has 1 aromatic heterocycles. The first-order chi connectivity index (χ1) is 11.2. The zero-order valence-corrected chi connectivity index (χ0v) is 14.3. The van der Waals surface area contributed by atoms with Crippen LogP contribution in [0.1, 0.15) is 36.7 Å². The van der Waals surface area contributed by atoms with E-state index in [2.05, 4.69) is 4.98 Å². The molecule has 0 bridgehead atoms. The van der Waals surface area contributed by atoms with Crippen molar-refractivity contribution in [2.45, 2.75) is 31.7 Å². The third-order valence-corrected chi connectivity index (χ3v) is 5.61. The molecule has 23 heavy (non-hydrogen) atoms. The van der Waals surface area contributed by atoms with Crippen molar-refractivity contribution in [2.24, 2.45) is 5.92 Å². The zero-order valence-electron chi connectivity index (χ0n) is 13.4. The maximum Gasteiger partial charge on any atom is 0.248 e. The fraction of sp³-hybridized carbons (Fsp3) is 0.688. The van der Waals surface area contributed by atoms with Gasteiger partial charge in [0, 0.05) is 44.2 Å². The van der Waals surface area contributed by atoms with E-state index in [1.54, 1.807) is 22.4 Å². The van der Waals surface area contributed by atoms with E-state index in [1.165, 1.54) is 7.11 Å². The van der Waals surface area contributed by atoms with E-state index in [4.69, 9.17) is 4.74 Å². The van der Waals surface area contributed by atoms with Crippen LogP contribution in [0.15, 0.2) is 11.6 Å². The number of amides is 2. The summed E-state index contributed by atoms with van der Waals surface area (Å²) in [6.45, 7) is 2.24. The Hall–Kier alpha value is -1.47. The Balaban J connectivity index is 1.58. The largest absolute Gasteiger partial charge is 0.375 e. The molecule has 2 saturated heterocycles. The summed E-state index contributed by atoms with van der Waals surface area (Å²) in [6, 6.07) is 0.149. The van der Waals surface area contributed by atoms with E-state index in [0.29, 0.717) is 13.1 Å². The normalized spacial score (nSPS) is 22.6. The zero-order chi connectivity index (χ0) is 16.2. The lowest BCUT2D eigenvalue weighted by Gasteiger charge is -2.34. The molecular formula is C16H23N3O3S. The second-order valence-corrected chi connectivity index (χ2v) is 7.07. The Morgan fingerprint density at radius 2 is 2.09 bits per heavy atom. The van der Waals surface area contributed by atoms with Gasteiger partial charge < -0.3 is 14.5 Å². The van der Waals surface area contributed by atoms with Crippen molar-refractivity contribution < 1.29 is 14.3 Å². The number of piperidine rings is 1. The highest BCUT2D eigenvalue weighted by atomic mass is 32.1. The lowest BCUT2D eigenvalue weighted by Crippen LogP contribution is -2.45. The first-order valence-electron chi connectivity index (χ1n) is 8.17. The molecule has 0 unspecified atom stereocenters. The number of hydrogen-bond donors (Lipinski definition) is 0. The topological polar surface area (TPSA) is 62.7 Å². The average Bonchev–Trinajstić information content (AvgIpc) is 3.25. The lowest BCUT2D eigenvalue weighted by atomic mass is 9.95. The molecule has 2 fully saturated rings. The smallest absolute Gasteiger partial charge is 0.248 e. The van der Waals surface area contributed by atoms with Crippen LogP contribution in [0.25, 0.3) is 0 Å². The average molecular weight is 337 g/mol. The molecule has 0 spiro atoms. The molecule has 1 atom stereocenters. The number of methoxy groups -OCH3 is 1. The summed E-state index contributed by atoms with van der Waals surface area (Å²) in [5, 5.41) is 3.01. The predicted molar refractivity (Wildman–Crippen MR) is 87.0 cm³/mol. The van der Waals surface area contributed by atoms with Crippen molar-refractivity contribution in [1.82, 2.24) is 14.8 Å². The summed E-state index contributed by atoms with van der Waals surface area (Å²) in [4.78, 5) is 32.9. The summed E-state index contributed by atoms with van der Waals surface area (Å²) in [5.74, 6) is 0.281. The fourth-order valence-corrected chi connectivity index (χ4v) is 4.30. The molecule has 2 amide bonds. The molecule has 7 heteroatoms. The number of rotatable bonds is 4. The molecular weight excluding hydrogens is 314 g/mol. The Labute approximate surface area is 140 Å². The molecule has 0 aliphatic carbocycles. The summed E-state index contributed by atoms with van der Waals surface area (Å²) < 4.78 is 4.90. The van der Waals surface area contributed by atoms with E-state index in [1.807, 2.05) is 10.3 Å². The van der Waals surface area contributed by atoms with Gasteiger partial charge in [0.05, 0.1) is 6.04 Å². The molecule has 6 nitrogen and oxygen atoms in total. The predicted octanol–water partition coefficient (Wildman–Crippen LogP) is 1.69. The van der Waals surface area contributed by atoms with E-state index < -0.39 is 0 Å². The summed E-state index contributed by atoms with van der Waals surface area (Å²) in [6.07, 6.45) is 5.34. The van der Waals surface area contributed by atoms with Crippen molar-refractivity contribution in [3.63, 3.8) is 0 Å². The van der Waals surface area contributed by atoms with Crippen molar-refractivity contribution in [3.05, 3.63) is 16.6 Å². The van der Waals surface area contributed by atoms with E-state index in [-0.39, 0.29) is 30.4 Å². The second kappa shape index (κ2) is 7.40. The fourth-order valence-electron chi connectivity index (χ4n) is 3.51. The Bertz CT molecular complexity index is 541. The minimum Gasteiger partial charge on any atom is -0.375 e. The molecule has 2 aliphatic rings. The van der Waals surface area contributed by atoms with Gasteiger partial charge in [0.15, 0.2) is 0 Å². The minimum atomic E-state index is 0.0141. The van der Waals surface area contributed by atoms with Gasteiger partial charge in [-0.2, -0.15) is 0 Å². The standard InChI is InChI=1S/C16H23N3O3S/c1-22-11-14(20)18-8-4-12(5-9-18)16(21)19-7-2-3-13(19)15-17-6-10-23-15/h6,10,12-13H,2-5,7-9,11H2,1H3/t13-/m0/s1. The van der Waals surface area contributed by atoms with Crippen LogP contribution in [0, 0.1) is 5.92 Å². The van der Waals surface area contributed by atoms with Crippen LogP contribution in [0.4, 0.5) is 0 Å². The third kappa shape index (κ3) is 3.55. The van der Waals surface area contributed by atoms with Gasteiger partial charge >= 0.3 is 0 Å². The van der Waals surface area contributed by atoms with Crippen molar-refractivity contribution in [3.8, 4) is 0 Å². The van der Waals surface area contributed by atoms with Crippen molar-refractivity contribution in [1.29, 1.82) is 0 Å².